The van der Waals surface area contributed by atoms with Crippen LogP contribution in [0.2, 0.25) is 0 Å². The van der Waals surface area contributed by atoms with Crippen molar-refractivity contribution < 1.29 is 14.0 Å². The molecule has 1 N–H and O–H groups in total. The van der Waals surface area contributed by atoms with Crippen LogP contribution in [-0.2, 0) is 4.84 Å². The highest BCUT2D eigenvalue weighted by Crippen LogP contribution is 2.42. The predicted octanol–water partition coefficient (Wildman–Crippen LogP) is 5.25. The van der Waals surface area contributed by atoms with Crippen LogP contribution < -0.4 is 4.74 Å². The molecule has 0 bridgehead atoms. The minimum absolute atomic E-state index is 0. The van der Waals surface area contributed by atoms with Crippen LogP contribution in [0.3, 0.4) is 0 Å². The Morgan fingerprint density at radius 1 is 1.15 bits per heavy atom. The number of nitrogens with zero attached hydrogens (tertiary/aromatic N) is 2. The van der Waals surface area contributed by atoms with E-state index in [2.05, 4.69) is 33.1 Å². The van der Waals surface area contributed by atoms with Crippen LogP contribution in [0.4, 0.5) is 0 Å². The number of halogens is 1. The first-order valence-corrected chi connectivity index (χ1v) is 10.4. The molecular weight excluding hydrogens is 438 g/mol. The molecule has 2 heterocycles. The number of nitrogens with one attached hydrogen (secondary N) is 1. The first-order valence-electron chi connectivity index (χ1n) is 10.4. The van der Waals surface area contributed by atoms with Gasteiger partial charge in [0.2, 0.25) is 6.10 Å². The molecule has 1 aliphatic carbocycles. The molecule has 1 atom stereocenters. The zero-order valence-corrected chi connectivity index (χ0v) is 19.2. The number of fused-ring (bicyclic) bond motifs is 5. The largest absolute Gasteiger partial charge is 0.492 e. The summed E-state index contributed by atoms with van der Waals surface area (Å²) in [6.07, 6.45) is 8.19. The molecule has 2 aromatic carbocycles. The Morgan fingerprint density at radius 3 is 2.70 bits per heavy atom. The molecule has 6 nitrogen and oxygen atoms in total. The van der Waals surface area contributed by atoms with Crippen molar-refractivity contribution in [2.24, 2.45) is 5.16 Å². The van der Waals surface area contributed by atoms with Crippen LogP contribution in [0.25, 0.3) is 22.2 Å². The fourth-order valence-electron chi connectivity index (χ4n) is 3.91. The van der Waals surface area contributed by atoms with Crippen molar-refractivity contribution >= 4 is 29.0 Å². The Kier molecular flexibility index (Phi) is 6.45. The lowest BCUT2D eigenvalue weighted by atomic mass is 10.1. The van der Waals surface area contributed by atoms with E-state index in [0.29, 0.717) is 6.61 Å². The zero-order chi connectivity index (χ0) is 22.1. The zero-order valence-electron chi connectivity index (χ0n) is 18.4. The van der Waals surface area contributed by atoms with Crippen molar-refractivity contribution in [2.75, 3.05) is 27.2 Å². The molecule has 0 radical (unpaired) electrons. The molecule has 0 spiro atoms. The maximum Gasteiger partial charge on any atom is 0.215 e. The highest BCUT2D eigenvalue weighted by atomic mass is 35.5. The number of hydrogen-bond acceptors (Lipinski definition) is 5. The van der Waals surface area contributed by atoms with E-state index in [-0.39, 0.29) is 12.4 Å². The van der Waals surface area contributed by atoms with Crippen molar-refractivity contribution in [1.82, 2.24) is 9.88 Å². The lowest BCUT2D eigenvalue weighted by Gasteiger charge is -2.11. The van der Waals surface area contributed by atoms with Crippen molar-refractivity contribution in [3.63, 3.8) is 0 Å². The highest BCUT2D eigenvalue weighted by molar-refractivity contribution is 6.29. The van der Waals surface area contributed by atoms with Gasteiger partial charge < -0.3 is 23.9 Å². The summed E-state index contributed by atoms with van der Waals surface area (Å²) >= 11 is 0. The van der Waals surface area contributed by atoms with Crippen LogP contribution in [0, 0.1) is 12.3 Å². The Hall–Kier alpha value is -3.66. The summed E-state index contributed by atoms with van der Waals surface area (Å²) in [5, 5.41) is 5.56. The van der Waals surface area contributed by atoms with Gasteiger partial charge in [-0.25, -0.2) is 0 Å². The number of hydrogen-bond donors (Lipinski definition) is 1. The van der Waals surface area contributed by atoms with Gasteiger partial charge in [0.15, 0.2) is 0 Å². The standard InChI is InChI=1S/C26H23N3O3.ClH/c1-4-23(17-11-13-30-16-17)32-28-26-20-8-6-5-7-19(20)25-24(26)21-15-18(9-10-22(21)27-25)31-14-12-29(2)3;/h1,5-11,13,15-16,23,27H,12,14H2,2-3H3;1H/b28-26-;. The molecule has 0 aliphatic heterocycles. The fraction of sp³-hybridized carbons (Fsp3) is 0.192. The molecule has 0 fully saturated rings. The van der Waals surface area contributed by atoms with Crippen LogP contribution >= 0.6 is 12.4 Å². The number of ether oxygens (including phenoxy) is 1. The van der Waals surface area contributed by atoms with E-state index in [9.17, 15) is 0 Å². The quantitative estimate of drug-likeness (QED) is 0.266. The molecule has 4 aromatic rings. The van der Waals surface area contributed by atoms with Gasteiger partial charge >= 0.3 is 0 Å². The van der Waals surface area contributed by atoms with E-state index < -0.39 is 6.10 Å². The summed E-state index contributed by atoms with van der Waals surface area (Å²) in [6.45, 7) is 1.46. The SMILES string of the molecule is C#CC(O/N=C1/c2ccccc2-c2[nH]c3ccc(OCCN(C)C)cc3c21)c1ccoc1.Cl. The third kappa shape index (κ3) is 4.21. The number of rotatable bonds is 7. The molecule has 168 valence electrons. The molecule has 33 heavy (non-hydrogen) atoms. The number of likely N-dealkylation sites (N-methyl/N-ethyl adjacent to an activating group) is 1. The Labute approximate surface area is 198 Å². The second-order valence-corrected chi connectivity index (χ2v) is 7.93. The Bertz CT molecular complexity index is 1330. The van der Waals surface area contributed by atoms with Crippen LogP contribution in [-0.4, -0.2) is 42.8 Å². The second-order valence-electron chi connectivity index (χ2n) is 7.93. The molecule has 0 saturated carbocycles. The lowest BCUT2D eigenvalue weighted by molar-refractivity contribution is 0.0996. The Balaban J connectivity index is 0.00000259. The maximum absolute atomic E-state index is 5.97. The maximum atomic E-state index is 5.97. The third-order valence-corrected chi connectivity index (χ3v) is 5.51. The normalized spacial score (nSPS) is 13.9. The third-order valence-electron chi connectivity index (χ3n) is 5.51. The average molecular weight is 462 g/mol. The van der Waals surface area contributed by atoms with Crippen molar-refractivity contribution in [3.05, 3.63) is 77.7 Å². The van der Waals surface area contributed by atoms with Gasteiger partial charge in [-0.15, -0.1) is 18.8 Å². The molecule has 0 saturated heterocycles. The molecule has 2 aromatic heterocycles. The van der Waals surface area contributed by atoms with E-state index in [4.69, 9.17) is 20.4 Å². The molecular formula is C26H24ClN3O3. The van der Waals surface area contributed by atoms with Gasteiger partial charge in [0.05, 0.1) is 18.2 Å². The number of aromatic nitrogens is 1. The summed E-state index contributed by atoms with van der Waals surface area (Å²) in [4.78, 5) is 11.4. The number of terminal acetylenes is 1. The van der Waals surface area contributed by atoms with E-state index in [1.807, 2.05) is 44.4 Å². The number of H-pyrrole nitrogens is 1. The van der Waals surface area contributed by atoms with E-state index in [1.165, 1.54) is 0 Å². The van der Waals surface area contributed by atoms with Gasteiger partial charge in [0.1, 0.15) is 18.1 Å². The molecule has 1 aliphatic rings. The highest BCUT2D eigenvalue weighted by Gasteiger charge is 2.30. The van der Waals surface area contributed by atoms with Crippen molar-refractivity contribution in [2.45, 2.75) is 6.10 Å². The number of aromatic amines is 1. The molecule has 7 heteroatoms. The summed E-state index contributed by atoms with van der Waals surface area (Å²) in [5.41, 5.74) is 6.59. The summed E-state index contributed by atoms with van der Waals surface area (Å²) in [7, 11) is 4.05. The van der Waals surface area contributed by atoms with E-state index in [1.54, 1.807) is 18.6 Å². The fourth-order valence-corrected chi connectivity index (χ4v) is 3.91. The van der Waals surface area contributed by atoms with Gasteiger partial charge in [0.25, 0.3) is 0 Å². The smallest absolute Gasteiger partial charge is 0.215 e. The number of furan rings is 1. The second kappa shape index (κ2) is 9.45. The molecule has 0 amide bonds. The molecule has 5 rings (SSSR count). The summed E-state index contributed by atoms with van der Waals surface area (Å²) < 4.78 is 11.1. The average Bonchev–Trinajstić information content (AvgIpc) is 3.51. The summed E-state index contributed by atoms with van der Waals surface area (Å²) in [6, 6.07) is 16.0. The first-order chi connectivity index (χ1) is 15.7. The van der Waals surface area contributed by atoms with E-state index >= 15 is 0 Å². The monoisotopic (exact) mass is 461 g/mol. The van der Waals surface area contributed by atoms with Crippen LogP contribution in [0.5, 0.6) is 5.75 Å². The van der Waals surface area contributed by atoms with Gasteiger partial charge in [0, 0.05) is 39.7 Å². The van der Waals surface area contributed by atoms with Crippen molar-refractivity contribution in [1.29, 1.82) is 0 Å². The van der Waals surface area contributed by atoms with Crippen LogP contribution in [0.1, 0.15) is 22.8 Å². The predicted molar refractivity (Wildman–Crippen MR) is 132 cm³/mol. The van der Waals surface area contributed by atoms with Gasteiger partial charge in [-0.05, 0) is 38.4 Å². The van der Waals surface area contributed by atoms with Crippen molar-refractivity contribution in [3.8, 4) is 29.4 Å². The van der Waals surface area contributed by atoms with Gasteiger partial charge in [-0.2, -0.15) is 0 Å². The lowest BCUT2D eigenvalue weighted by Crippen LogP contribution is -2.19. The summed E-state index contributed by atoms with van der Waals surface area (Å²) in [5.74, 6) is 3.44. The topological polar surface area (TPSA) is 63.0 Å². The Morgan fingerprint density at radius 2 is 1.97 bits per heavy atom. The minimum atomic E-state index is -0.632. The van der Waals surface area contributed by atoms with Gasteiger partial charge in [-0.1, -0.05) is 35.3 Å². The van der Waals surface area contributed by atoms with E-state index in [0.717, 1.165) is 56.9 Å². The minimum Gasteiger partial charge on any atom is -0.492 e. The number of oxime groups is 1. The van der Waals surface area contributed by atoms with Gasteiger partial charge in [-0.3, -0.25) is 0 Å². The molecule has 1 unspecified atom stereocenters. The first kappa shape index (κ1) is 22.5. The van der Waals surface area contributed by atoms with Crippen LogP contribution in [0.15, 0.2) is 70.6 Å². The number of benzene rings is 2.